The van der Waals surface area contributed by atoms with Gasteiger partial charge < -0.3 is 5.32 Å². The molecule has 0 spiro atoms. The van der Waals surface area contributed by atoms with Crippen LogP contribution in [0.2, 0.25) is 0 Å². The number of H-pyrrole nitrogens is 1. The second kappa shape index (κ2) is 7.22. The second-order valence-corrected chi connectivity index (χ2v) is 6.06. The Labute approximate surface area is 132 Å². The van der Waals surface area contributed by atoms with E-state index in [1.54, 1.807) is 6.92 Å². The molecule has 2 aromatic rings. The van der Waals surface area contributed by atoms with E-state index in [1.165, 1.54) is 11.8 Å². The number of rotatable bonds is 5. The molecule has 7 heteroatoms. The number of aryl methyl sites for hydroxylation is 2. The van der Waals surface area contributed by atoms with Gasteiger partial charge in [-0.3, -0.25) is 14.6 Å². The Morgan fingerprint density at radius 3 is 2.68 bits per heavy atom. The summed E-state index contributed by atoms with van der Waals surface area (Å²) >= 11 is 1.20. The van der Waals surface area contributed by atoms with Gasteiger partial charge in [0.15, 0.2) is 5.16 Å². The summed E-state index contributed by atoms with van der Waals surface area (Å²) in [6.07, 6.45) is 0.611. The molecule has 1 atom stereocenters. The van der Waals surface area contributed by atoms with Crippen molar-refractivity contribution in [1.82, 2.24) is 15.2 Å². The number of aromatic nitrogens is 3. The van der Waals surface area contributed by atoms with Gasteiger partial charge in [0.05, 0.1) is 5.25 Å². The van der Waals surface area contributed by atoms with Gasteiger partial charge in [-0.25, -0.2) is 0 Å². The Morgan fingerprint density at radius 1 is 1.32 bits per heavy atom. The van der Waals surface area contributed by atoms with E-state index in [0.717, 1.165) is 11.3 Å². The summed E-state index contributed by atoms with van der Waals surface area (Å²) in [7, 11) is 0. The molecule has 22 heavy (non-hydrogen) atoms. The number of benzene rings is 1. The van der Waals surface area contributed by atoms with Crippen LogP contribution in [0.4, 0.5) is 5.69 Å². The zero-order valence-electron chi connectivity index (χ0n) is 12.7. The highest BCUT2D eigenvalue weighted by atomic mass is 32.2. The van der Waals surface area contributed by atoms with E-state index in [4.69, 9.17) is 0 Å². The van der Waals surface area contributed by atoms with Crippen LogP contribution in [0, 0.1) is 13.8 Å². The van der Waals surface area contributed by atoms with Crippen molar-refractivity contribution in [2.75, 3.05) is 5.32 Å². The molecule has 0 saturated carbocycles. The fraction of sp³-hybridized carbons (Fsp3) is 0.333. The zero-order valence-corrected chi connectivity index (χ0v) is 13.5. The van der Waals surface area contributed by atoms with Gasteiger partial charge in [0.1, 0.15) is 5.69 Å². The van der Waals surface area contributed by atoms with Gasteiger partial charge >= 0.3 is 0 Å². The number of carbonyl (C=O) groups is 1. The number of nitrogens with zero attached hydrogens (tertiary/aromatic N) is 2. The molecule has 2 rings (SSSR count). The fourth-order valence-electron chi connectivity index (χ4n) is 1.81. The average molecular weight is 318 g/mol. The third-order valence-corrected chi connectivity index (χ3v) is 4.40. The van der Waals surface area contributed by atoms with Gasteiger partial charge in [-0.1, -0.05) is 36.9 Å². The molecule has 0 bridgehead atoms. The molecule has 0 fully saturated rings. The van der Waals surface area contributed by atoms with Crippen molar-refractivity contribution >= 4 is 23.4 Å². The fourth-order valence-corrected chi connectivity index (χ4v) is 2.66. The molecular formula is C15H18N4O2S. The van der Waals surface area contributed by atoms with Gasteiger partial charge in [0, 0.05) is 5.69 Å². The number of amides is 1. The normalized spacial score (nSPS) is 12.0. The Morgan fingerprint density at radius 2 is 2.05 bits per heavy atom. The number of hydrogen-bond acceptors (Lipinski definition) is 5. The van der Waals surface area contributed by atoms with E-state index in [2.05, 4.69) is 20.5 Å². The van der Waals surface area contributed by atoms with E-state index < -0.39 is 0 Å². The van der Waals surface area contributed by atoms with Crippen LogP contribution in [-0.2, 0) is 4.79 Å². The van der Waals surface area contributed by atoms with Gasteiger partial charge in [0.25, 0.3) is 5.56 Å². The van der Waals surface area contributed by atoms with Crippen molar-refractivity contribution < 1.29 is 4.79 Å². The average Bonchev–Trinajstić information content (AvgIpc) is 2.50. The third-order valence-electron chi connectivity index (χ3n) is 3.16. The predicted molar refractivity (Wildman–Crippen MR) is 87.1 cm³/mol. The monoisotopic (exact) mass is 318 g/mol. The standard InChI is InChI=1S/C15H18N4O2S/c1-4-12(22-15-17-13(20)10(3)18-19-15)14(21)16-11-8-6-5-7-9(11)2/h5-8,12H,4H2,1-3H3,(H,16,21)(H,17,19,20). The first-order chi connectivity index (χ1) is 10.5. The van der Waals surface area contributed by atoms with Crippen molar-refractivity contribution in [2.45, 2.75) is 37.6 Å². The highest BCUT2D eigenvalue weighted by Gasteiger charge is 2.20. The van der Waals surface area contributed by atoms with Crippen molar-refractivity contribution in [2.24, 2.45) is 0 Å². The van der Waals surface area contributed by atoms with Gasteiger partial charge in [-0.05, 0) is 31.9 Å². The van der Waals surface area contributed by atoms with Crippen LogP contribution < -0.4 is 10.9 Å². The Hall–Kier alpha value is -2.15. The van der Waals surface area contributed by atoms with Gasteiger partial charge in [-0.15, -0.1) is 10.2 Å². The minimum atomic E-state index is -0.354. The summed E-state index contributed by atoms with van der Waals surface area (Å²) in [6, 6.07) is 7.59. The quantitative estimate of drug-likeness (QED) is 0.826. The van der Waals surface area contributed by atoms with E-state index in [0.29, 0.717) is 17.3 Å². The minimum absolute atomic E-state index is 0.120. The number of hydrogen-bond donors (Lipinski definition) is 2. The molecule has 0 aliphatic carbocycles. The van der Waals surface area contributed by atoms with Crippen LogP contribution >= 0.6 is 11.8 Å². The SMILES string of the molecule is CCC(Sc1nnc(C)c(=O)[nH]1)C(=O)Nc1ccccc1C. The van der Waals surface area contributed by atoms with Gasteiger partial charge in [-0.2, -0.15) is 0 Å². The van der Waals surface area contributed by atoms with Crippen molar-refractivity contribution in [3.8, 4) is 0 Å². The van der Waals surface area contributed by atoms with Crippen LogP contribution in [0.15, 0.2) is 34.2 Å². The summed E-state index contributed by atoms with van der Waals surface area (Å²) in [6.45, 7) is 5.43. The lowest BCUT2D eigenvalue weighted by Crippen LogP contribution is -2.26. The highest BCUT2D eigenvalue weighted by Crippen LogP contribution is 2.23. The lowest BCUT2D eigenvalue weighted by Gasteiger charge is -2.15. The molecule has 0 aliphatic rings. The summed E-state index contributed by atoms with van der Waals surface area (Å²) in [5, 5.41) is 10.6. The predicted octanol–water partition coefficient (Wildman–Crippen LogP) is 2.29. The van der Waals surface area contributed by atoms with Crippen LogP contribution in [0.25, 0.3) is 0 Å². The maximum absolute atomic E-state index is 12.4. The summed E-state index contributed by atoms with van der Waals surface area (Å²) in [5.74, 6) is -0.120. The molecule has 116 valence electrons. The molecule has 2 N–H and O–H groups in total. The lowest BCUT2D eigenvalue weighted by atomic mass is 10.2. The highest BCUT2D eigenvalue weighted by molar-refractivity contribution is 8.00. The summed E-state index contributed by atoms with van der Waals surface area (Å²) in [5.41, 5.74) is 1.81. The first-order valence-electron chi connectivity index (χ1n) is 6.98. The van der Waals surface area contributed by atoms with E-state index in [-0.39, 0.29) is 16.7 Å². The molecule has 0 saturated heterocycles. The summed E-state index contributed by atoms with van der Waals surface area (Å²) in [4.78, 5) is 26.5. The number of carbonyl (C=O) groups excluding carboxylic acids is 1. The maximum Gasteiger partial charge on any atom is 0.273 e. The van der Waals surface area contributed by atoms with Crippen molar-refractivity contribution in [3.05, 3.63) is 45.9 Å². The molecule has 1 aromatic heterocycles. The Bertz CT molecular complexity index is 729. The van der Waals surface area contributed by atoms with E-state index >= 15 is 0 Å². The number of para-hydroxylation sites is 1. The molecule has 6 nitrogen and oxygen atoms in total. The number of thioether (sulfide) groups is 1. The molecule has 1 amide bonds. The Balaban J connectivity index is 2.10. The maximum atomic E-state index is 12.4. The first kappa shape index (κ1) is 16.2. The molecule has 1 unspecified atom stereocenters. The third kappa shape index (κ3) is 3.94. The lowest BCUT2D eigenvalue weighted by molar-refractivity contribution is -0.115. The molecule has 1 aromatic carbocycles. The second-order valence-electron chi connectivity index (χ2n) is 4.86. The van der Waals surface area contributed by atoms with Crippen molar-refractivity contribution in [3.63, 3.8) is 0 Å². The molecule has 0 aliphatic heterocycles. The van der Waals surface area contributed by atoms with Crippen molar-refractivity contribution in [1.29, 1.82) is 0 Å². The van der Waals surface area contributed by atoms with E-state index in [1.807, 2.05) is 38.1 Å². The molecular weight excluding hydrogens is 300 g/mol. The molecule has 0 radical (unpaired) electrons. The number of nitrogens with one attached hydrogen (secondary N) is 2. The zero-order chi connectivity index (χ0) is 16.1. The first-order valence-corrected chi connectivity index (χ1v) is 7.86. The van der Waals surface area contributed by atoms with Crippen LogP contribution in [0.5, 0.6) is 0 Å². The van der Waals surface area contributed by atoms with Crippen LogP contribution in [0.1, 0.15) is 24.6 Å². The Kier molecular flexibility index (Phi) is 5.32. The van der Waals surface area contributed by atoms with Crippen LogP contribution in [-0.4, -0.2) is 26.3 Å². The largest absolute Gasteiger partial charge is 0.325 e. The minimum Gasteiger partial charge on any atom is -0.325 e. The smallest absolute Gasteiger partial charge is 0.273 e. The van der Waals surface area contributed by atoms with Crippen LogP contribution in [0.3, 0.4) is 0 Å². The number of anilines is 1. The van der Waals surface area contributed by atoms with E-state index in [9.17, 15) is 9.59 Å². The molecule has 1 heterocycles. The number of aromatic amines is 1. The summed E-state index contributed by atoms with van der Waals surface area (Å²) < 4.78 is 0. The van der Waals surface area contributed by atoms with Gasteiger partial charge in [0.2, 0.25) is 5.91 Å². The topological polar surface area (TPSA) is 87.7 Å².